The van der Waals surface area contributed by atoms with Crippen molar-refractivity contribution in [1.29, 1.82) is 0 Å². The molecule has 2 aromatic carbocycles. The molecule has 7 nitrogen and oxygen atoms in total. The van der Waals surface area contributed by atoms with E-state index < -0.39 is 0 Å². The highest BCUT2D eigenvalue weighted by Gasteiger charge is 2.32. The van der Waals surface area contributed by atoms with Crippen LogP contribution in [0.3, 0.4) is 0 Å². The van der Waals surface area contributed by atoms with Crippen LogP contribution in [0.4, 0.5) is 11.6 Å². The van der Waals surface area contributed by atoms with Gasteiger partial charge in [-0.1, -0.05) is 60.3 Å². The van der Waals surface area contributed by atoms with Crippen LogP contribution < -0.4 is 9.80 Å². The molecular formula is C24H27N5O2S. The molecule has 5 rings (SSSR count). The number of carbonyl (C=O) groups is 1. The molecule has 0 bridgehead atoms. The molecule has 1 aromatic heterocycles. The lowest BCUT2D eigenvalue weighted by Gasteiger charge is -2.28. The molecule has 8 heteroatoms. The maximum atomic E-state index is 13.3. The van der Waals surface area contributed by atoms with Crippen molar-refractivity contribution in [3.05, 3.63) is 66.2 Å². The highest BCUT2D eigenvalue weighted by molar-refractivity contribution is 7.99. The van der Waals surface area contributed by atoms with Crippen LogP contribution in [0, 0.1) is 0 Å². The van der Waals surface area contributed by atoms with Crippen LogP contribution in [0.5, 0.6) is 0 Å². The van der Waals surface area contributed by atoms with Crippen molar-refractivity contribution < 1.29 is 9.53 Å². The predicted molar refractivity (Wildman–Crippen MR) is 126 cm³/mol. The summed E-state index contributed by atoms with van der Waals surface area (Å²) in [6, 6.07) is 20.4. The van der Waals surface area contributed by atoms with Gasteiger partial charge in [-0.15, -0.1) is 10.2 Å². The summed E-state index contributed by atoms with van der Waals surface area (Å²) in [7, 11) is 0. The Morgan fingerprint density at radius 1 is 1.00 bits per heavy atom. The van der Waals surface area contributed by atoms with Gasteiger partial charge < -0.3 is 14.5 Å². The topological polar surface area (TPSA) is 63.5 Å². The first-order valence-electron chi connectivity index (χ1n) is 11.1. The van der Waals surface area contributed by atoms with Gasteiger partial charge in [-0.3, -0.25) is 9.36 Å². The fraction of sp³-hybridized carbons (Fsp3) is 0.375. The Balaban J connectivity index is 1.32. The van der Waals surface area contributed by atoms with Crippen LogP contribution in [-0.4, -0.2) is 52.7 Å². The third kappa shape index (κ3) is 4.81. The van der Waals surface area contributed by atoms with E-state index in [2.05, 4.69) is 31.8 Å². The predicted octanol–water partition coefficient (Wildman–Crippen LogP) is 3.78. The van der Waals surface area contributed by atoms with E-state index in [0.29, 0.717) is 31.6 Å². The quantitative estimate of drug-likeness (QED) is 0.488. The number of thioether (sulfide) groups is 1. The molecule has 2 fully saturated rings. The van der Waals surface area contributed by atoms with Crippen LogP contribution >= 0.6 is 11.8 Å². The zero-order chi connectivity index (χ0) is 21.8. The highest BCUT2D eigenvalue weighted by Crippen LogP contribution is 2.41. The molecule has 32 heavy (non-hydrogen) atoms. The normalized spacial score (nSPS) is 16.2. The number of amides is 1. The molecule has 1 aliphatic carbocycles. The summed E-state index contributed by atoms with van der Waals surface area (Å²) in [6.07, 6.45) is 2.28. The maximum Gasteiger partial charge on any atom is 0.237 e. The summed E-state index contributed by atoms with van der Waals surface area (Å²) in [4.78, 5) is 17.4. The second kappa shape index (κ2) is 9.75. The smallest absolute Gasteiger partial charge is 0.237 e. The van der Waals surface area contributed by atoms with E-state index in [1.165, 1.54) is 11.8 Å². The van der Waals surface area contributed by atoms with Crippen molar-refractivity contribution in [3.8, 4) is 0 Å². The average Bonchev–Trinajstić information content (AvgIpc) is 3.61. The molecule has 0 spiro atoms. The van der Waals surface area contributed by atoms with E-state index >= 15 is 0 Å². The number of benzene rings is 2. The summed E-state index contributed by atoms with van der Waals surface area (Å²) < 4.78 is 7.72. The van der Waals surface area contributed by atoms with Crippen molar-refractivity contribution >= 4 is 29.3 Å². The van der Waals surface area contributed by atoms with Gasteiger partial charge in [-0.25, -0.2) is 0 Å². The van der Waals surface area contributed by atoms with Gasteiger partial charge in [0.25, 0.3) is 0 Å². The van der Waals surface area contributed by atoms with Crippen LogP contribution in [0.1, 0.15) is 24.4 Å². The van der Waals surface area contributed by atoms with Crippen molar-refractivity contribution in [2.75, 3.05) is 41.9 Å². The summed E-state index contributed by atoms with van der Waals surface area (Å²) >= 11 is 1.48. The van der Waals surface area contributed by atoms with Crippen LogP contribution in [0.15, 0.2) is 65.8 Å². The van der Waals surface area contributed by atoms with E-state index in [-0.39, 0.29) is 5.91 Å². The van der Waals surface area contributed by atoms with Gasteiger partial charge in [0.2, 0.25) is 11.9 Å². The van der Waals surface area contributed by atoms with Gasteiger partial charge >= 0.3 is 0 Å². The number of para-hydroxylation sites is 1. The standard InChI is InChI=1S/C24H27N5O2S/c30-22(28(20-9-5-2-6-10-20)17-19-7-3-1-4-8-19)18-32-24-26-25-23(29(24)21-11-12-21)27-13-15-31-16-14-27/h1-10,21H,11-18H2. The number of aromatic nitrogens is 3. The first kappa shape index (κ1) is 21.0. The van der Waals surface area contributed by atoms with E-state index in [1.54, 1.807) is 0 Å². The van der Waals surface area contributed by atoms with Gasteiger partial charge in [0, 0.05) is 24.8 Å². The molecular weight excluding hydrogens is 422 g/mol. The number of ether oxygens (including phenoxy) is 1. The number of hydrogen-bond acceptors (Lipinski definition) is 6. The first-order valence-corrected chi connectivity index (χ1v) is 12.1. The largest absolute Gasteiger partial charge is 0.378 e. The number of carbonyl (C=O) groups excluding carboxylic acids is 1. The van der Waals surface area contributed by atoms with E-state index in [4.69, 9.17) is 4.74 Å². The molecule has 1 amide bonds. The molecule has 2 aliphatic rings. The fourth-order valence-corrected chi connectivity index (χ4v) is 4.78. The minimum Gasteiger partial charge on any atom is -0.378 e. The van der Waals surface area contributed by atoms with Crippen molar-refractivity contribution in [1.82, 2.24) is 14.8 Å². The fourth-order valence-electron chi connectivity index (χ4n) is 3.90. The van der Waals surface area contributed by atoms with Gasteiger partial charge in [0.15, 0.2) is 5.16 Å². The maximum absolute atomic E-state index is 13.3. The van der Waals surface area contributed by atoms with Gasteiger partial charge in [0.1, 0.15) is 0 Å². The lowest BCUT2D eigenvalue weighted by Crippen LogP contribution is -2.38. The molecule has 166 valence electrons. The third-order valence-electron chi connectivity index (χ3n) is 5.73. The Morgan fingerprint density at radius 2 is 1.69 bits per heavy atom. The highest BCUT2D eigenvalue weighted by atomic mass is 32.2. The molecule has 0 atom stereocenters. The summed E-state index contributed by atoms with van der Waals surface area (Å²) in [5.41, 5.74) is 2.00. The van der Waals surface area contributed by atoms with Gasteiger partial charge in [-0.2, -0.15) is 0 Å². The minimum absolute atomic E-state index is 0.0586. The Morgan fingerprint density at radius 3 is 2.38 bits per heavy atom. The zero-order valence-electron chi connectivity index (χ0n) is 18.0. The lowest BCUT2D eigenvalue weighted by atomic mass is 10.2. The van der Waals surface area contributed by atoms with E-state index in [9.17, 15) is 4.79 Å². The summed E-state index contributed by atoms with van der Waals surface area (Å²) in [5, 5.41) is 9.78. The van der Waals surface area contributed by atoms with Gasteiger partial charge in [0.05, 0.1) is 25.5 Å². The summed E-state index contributed by atoms with van der Waals surface area (Å²) in [5.74, 6) is 1.29. The molecule has 0 N–H and O–H groups in total. The average molecular weight is 450 g/mol. The number of rotatable bonds is 8. The Kier molecular flexibility index (Phi) is 6.41. The zero-order valence-corrected chi connectivity index (χ0v) is 18.8. The van der Waals surface area contributed by atoms with E-state index in [0.717, 1.165) is 48.3 Å². The number of nitrogens with zero attached hydrogens (tertiary/aromatic N) is 5. The molecule has 3 aromatic rings. The Bertz CT molecular complexity index is 1030. The van der Waals surface area contributed by atoms with E-state index in [1.807, 2.05) is 53.4 Å². The third-order valence-corrected chi connectivity index (χ3v) is 6.66. The SMILES string of the molecule is O=C(CSc1nnc(N2CCOCC2)n1C1CC1)N(Cc1ccccc1)c1ccccc1. The monoisotopic (exact) mass is 449 g/mol. The Labute approximate surface area is 192 Å². The van der Waals surface area contributed by atoms with Crippen LogP contribution in [0.2, 0.25) is 0 Å². The Hall–Kier alpha value is -2.84. The minimum atomic E-state index is 0.0586. The second-order valence-corrected chi connectivity index (χ2v) is 9.02. The molecule has 1 saturated carbocycles. The molecule has 0 radical (unpaired) electrons. The number of anilines is 2. The summed E-state index contributed by atoms with van der Waals surface area (Å²) in [6.45, 7) is 3.62. The number of hydrogen-bond donors (Lipinski definition) is 0. The molecule has 0 unspecified atom stereocenters. The molecule has 2 heterocycles. The van der Waals surface area contributed by atoms with Crippen molar-refractivity contribution in [3.63, 3.8) is 0 Å². The van der Waals surface area contributed by atoms with Crippen LogP contribution in [-0.2, 0) is 16.1 Å². The van der Waals surface area contributed by atoms with Crippen molar-refractivity contribution in [2.24, 2.45) is 0 Å². The van der Waals surface area contributed by atoms with Crippen LogP contribution in [0.25, 0.3) is 0 Å². The molecule has 1 aliphatic heterocycles. The first-order chi connectivity index (χ1) is 15.8. The lowest BCUT2D eigenvalue weighted by molar-refractivity contribution is -0.116. The number of morpholine rings is 1. The second-order valence-electron chi connectivity index (χ2n) is 8.07. The van der Waals surface area contributed by atoms with Crippen molar-refractivity contribution in [2.45, 2.75) is 30.6 Å². The van der Waals surface area contributed by atoms with Gasteiger partial charge in [-0.05, 0) is 30.5 Å². The molecule has 1 saturated heterocycles.